The van der Waals surface area contributed by atoms with Crippen LogP contribution in [-0.4, -0.2) is 37.2 Å². The third-order valence-corrected chi connectivity index (χ3v) is 1.78. The highest BCUT2D eigenvalue weighted by molar-refractivity contribution is 5.69. The number of hydrogen-bond donors (Lipinski definition) is 0. The standard InChI is InChI=1S/C11H18O6/c1-4-15-11(14)6-5-10(17-9(3)13)7-16-8(2)12/h10H,4-7H2,1-3H3. The Morgan fingerprint density at radius 1 is 1.06 bits per heavy atom. The average molecular weight is 246 g/mol. The van der Waals surface area contributed by atoms with E-state index < -0.39 is 18.0 Å². The van der Waals surface area contributed by atoms with E-state index in [1.165, 1.54) is 13.8 Å². The van der Waals surface area contributed by atoms with Gasteiger partial charge in [0.05, 0.1) is 6.61 Å². The molecule has 1 unspecified atom stereocenters. The Morgan fingerprint density at radius 3 is 2.18 bits per heavy atom. The number of carbonyl (C=O) groups excluding carboxylic acids is 3. The topological polar surface area (TPSA) is 78.9 Å². The van der Waals surface area contributed by atoms with Crippen LogP contribution >= 0.6 is 0 Å². The minimum Gasteiger partial charge on any atom is -0.466 e. The summed E-state index contributed by atoms with van der Waals surface area (Å²) in [5.74, 6) is -1.31. The summed E-state index contributed by atoms with van der Waals surface area (Å²) in [6, 6.07) is 0. The van der Waals surface area contributed by atoms with E-state index in [2.05, 4.69) is 0 Å². The second-order valence-corrected chi connectivity index (χ2v) is 3.38. The van der Waals surface area contributed by atoms with Crippen LogP contribution in [0.1, 0.15) is 33.6 Å². The van der Waals surface area contributed by atoms with Gasteiger partial charge in [0, 0.05) is 20.3 Å². The summed E-state index contributed by atoms with van der Waals surface area (Å²) >= 11 is 0. The van der Waals surface area contributed by atoms with Crippen LogP contribution in [0.5, 0.6) is 0 Å². The van der Waals surface area contributed by atoms with Crippen molar-refractivity contribution in [2.75, 3.05) is 13.2 Å². The Balaban J connectivity index is 4.04. The minimum atomic E-state index is -0.610. The molecule has 98 valence electrons. The first-order chi connectivity index (χ1) is 7.95. The van der Waals surface area contributed by atoms with Gasteiger partial charge in [0.25, 0.3) is 0 Å². The van der Waals surface area contributed by atoms with Gasteiger partial charge in [-0.05, 0) is 13.3 Å². The lowest BCUT2D eigenvalue weighted by molar-refractivity contribution is -0.158. The predicted octanol–water partition coefficient (Wildman–Crippen LogP) is 0.825. The van der Waals surface area contributed by atoms with Crippen LogP contribution in [-0.2, 0) is 28.6 Å². The van der Waals surface area contributed by atoms with Crippen LogP contribution in [0, 0.1) is 0 Å². The van der Waals surface area contributed by atoms with Gasteiger partial charge >= 0.3 is 17.9 Å². The molecule has 1 atom stereocenters. The van der Waals surface area contributed by atoms with Gasteiger partial charge in [0.1, 0.15) is 12.7 Å². The van der Waals surface area contributed by atoms with Gasteiger partial charge in [-0.3, -0.25) is 14.4 Å². The molecule has 0 amide bonds. The van der Waals surface area contributed by atoms with Crippen molar-refractivity contribution in [2.45, 2.75) is 39.7 Å². The quantitative estimate of drug-likeness (QED) is 0.489. The highest BCUT2D eigenvalue weighted by atomic mass is 16.6. The molecule has 0 aromatic heterocycles. The summed E-state index contributed by atoms with van der Waals surface area (Å²) in [6.45, 7) is 4.48. The largest absolute Gasteiger partial charge is 0.466 e. The molecule has 6 heteroatoms. The number of carbonyl (C=O) groups is 3. The molecule has 0 heterocycles. The molecule has 0 saturated heterocycles. The molecule has 0 aliphatic rings. The molecular weight excluding hydrogens is 228 g/mol. The van der Waals surface area contributed by atoms with Gasteiger partial charge in [0.2, 0.25) is 0 Å². The van der Waals surface area contributed by atoms with Gasteiger partial charge in [-0.15, -0.1) is 0 Å². The lowest BCUT2D eigenvalue weighted by Gasteiger charge is -2.16. The summed E-state index contributed by atoms with van der Waals surface area (Å²) in [7, 11) is 0. The number of esters is 3. The Morgan fingerprint density at radius 2 is 1.71 bits per heavy atom. The fourth-order valence-electron chi connectivity index (χ4n) is 1.13. The van der Waals surface area contributed by atoms with E-state index in [9.17, 15) is 14.4 Å². The monoisotopic (exact) mass is 246 g/mol. The van der Waals surface area contributed by atoms with Crippen molar-refractivity contribution in [3.63, 3.8) is 0 Å². The molecule has 0 bridgehead atoms. The number of hydrogen-bond acceptors (Lipinski definition) is 6. The highest BCUT2D eigenvalue weighted by Gasteiger charge is 2.16. The number of ether oxygens (including phenoxy) is 3. The van der Waals surface area contributed by atoms with E-state index in [1.54, 1.807) is 6.92 Å². The van der Waals surface area contributed by atoms with Gasteiger partial charge in [0.15, 0.2) is 0 Å². The molecule has 17 heavy (non-hydrogen) atoms. The van der Waals surface area contributed by atoms with E-state index in [-0.39, 0.29) is 25.4 Å². The number of rotatable bonds is 7. The predicted molar refractivity (Wildman–Crippen MR) is 58.1 cm³/mol. The summed E-state index contributed by atoms with van der Waals surface area (Å²) in [5, 5.41) is 0. The molecule has 0 aromatic carbocycles. The molecule has 0 rings (SSSR count). The Kier molecular flexibility index (Phi) is 7.75. The van der Waals surface area contributed by atoms with Crippen LogP contribution in [0.2, 0.25) is 0 Å². The smallest absolute Gasteiger partial charge is 0.305 e. The van der Waals surface area contributed by atoms with Gasteiger partial charge < -0.3 is 14.2 Å². The molecule has 0 aromatic rings. The SMILES string of the molecule is CCOC(=O)CCC(COC(C)=O)OC(C)=O. The average Bonchev–Trinajstić information content (AvgIpc) is 2.21. The lowest BCUT2D eigenvalue weighted by Crippen LogP contribution is -2.24. The molecule has 0 aliphatic carbocycles. The van der Waals surface area contributed by atoms with E-state index in [0.717, 1.165) is 0 Å². The van der Waals surface area contributed by atoms with Crippen LogP contribution in [0.3, 0.4) is 0 Å². The van der Waals surface area contributed by atoms with Gasteiger partial charge in [-0.2, -0.15) is 0 Å². The zero-order valence-electron chi connectivity index (χ0n) is 10.4. The molecule has 6 nitrogen and oxygen atoms in total. The minimum absolute atomic E-state index is 0.0473. The molecule has 0 aliphatic heterocycles. The van der Waals surface area contributed by atoms with Crippen molar-refractivity contribution in [1.82, 2.24) is 0 Å². The first kappa shape index (κ1) is 15.4. The van der Waals surface area contributed by atoms with Gasteiger partial charge in [-0.25, -0.2) is 0 Å². The second-order valence-electron chi connectivity index (χ2n) is 3.38. The van der Waals surface area contributed by atoms with Crippen molar-refractivity contribution in [2.24, 2.45) is 0 Å². The third kappa shape index (κ3) is 9.35. The fraction of sp³-hybridized carbons (Fsp3) is 0.727. The lowest BCUT2D eigenvalue weighted by atomic mass is 10.2. The van der Waals surface area contributed by atoms with Crippen molar-refractivity contribution >= 4 is 17.9 Å². The third-order valence-electron chi connectivity index (χ3n) is 1.78. The summed E-state index contributed by atoms with van der Waals surface area (Å²) in [6.07, 6.45) is -0.223. The molecule has 0 saturated carbocycles. The van der Waals surface area contributed by atoms with E-state index in [0.29, 0.717) is 6.61 Å². The van der Waals surface area contributed by atoms with E-state index >= 15 is 0 Å². The maximum absolute atomic E-state index is 11.1. The first-order valence-electron chi connectivity index (χ1n) is 5.41. The Hall–Kier alpha value is -1.59. The van der Waals surface area contributed by atoms with Crippen molar-refractivity contribution in [3.05, 3.63) is 0 Å². The highest BCUT2D eigenvalue weighted by Crippen LogP contribution is 2.05. The zero-order valence-corrected chi connectivity index (χ0v) is 10.4. The maximum atomic E-state index is 11.1. The molecule has 0 fully saturated rings. The molecule has 0 spiro atoms. The van der Waals surface area contributed by atoms with Crippen molar-refractivity contribution < 1.29 is 28.6 Å². The summed E-state index contributed by atoms with van der Waals surface area (Å²) in [4.78, 5) is 32.5. The molecular formula is C11H18O6. The van der Waals surface area contributed by atoms with E-state index in [1.807, 2.05) is 0 Å². The normalized spacial score (nSPS) is 11.5. The van der Waals surface area contributed by atoms with Crippen molar-refractivity contribution in [3.8, 4) is 0 Å². The van der Waals surface area contributed by atoms with Crippen LogP contribution in [0.25, 0.3) is 0 Å². The zero-order chi connectivity index (χ0) is 13.3. The van der Waals surface area contributed by atoms with Crippen LogP contribution < -0.4 is 0 Å². The fourth-order valence-corrected chi connectivity index (χ4v) is 1.13. The Labute approximate surface area is 100 Å². The first-order valence-corrected chi connectivity index (χ1v) is 5.41. The summed E-state index contributed by atoms with van der Waals surface area (Å²) in [5.41, 5.74) is 0. The van der Waals surface area contributed by atoms with Crippen LogP contribution in [0.4, 0.5) is 0 Å². The van der Waals surface area contributed by atoms with Crippen molar-refractivity contribution in [1.29, 1.82) is 0 Å². The van der Waals surface area contributed by atoms with Crippen LogP contribution in [0.15, 0.2) is 0 Å². The van der Waals surface area contributed by atoms with E-state index in [4.69, 9.17) is 14.2 Å². The molecule has 0 N–H and O–H groups in total. The summed E-state index contributed by atoms with van der Waals surface area (Å²) < 4.78 is 14.4. The Bertz CT molecular complexity index is 273. The maximum Gasteiger partial charge on any atom is 0.305 e. The molecule has 0 radical (unpaired) electrons. The van der Waals surface area contributed by atoms with Gasteiger partial charge in [-0.1, -0.05) is 0 Å². The second kappa shape index (κ2) is 8.55.